The quantitative estimate of drug-likeness (QED) is 0.304. The molecule has 0 radical (unpaired) electrons. The van der Waals surface area contributed by atoms with Crippen LogP contribution in [0.5, 0.6) is 11.5 Å². The fourth-order valence-corrected chi connectivity index (χ4v) is 3.95. The zero-order valence-electron chi connectivity index (χ0n) is 19.7. The first kappa shape index (κ1) is 23.4. The normalized spacial score (nSPS) is 11.8. The number of fused-ring (bicyclic) bond motifs is 3. The summed E-state index contributed by atoms with van der Waals surface area (Å²) in [6, 6.07) is 12.2. The summed E-state index contributed by atoms with van der Waals surface area (Å²) in [7, 11) is 0. The molecule has 0 atom stereocenters. The summed E-state index contributed by atoms with van der Waals surface area (Å²) in [4.78, 5) is 4.83. The van der Waals surface area contributed by atoms with Crippen molar-refractivity contribution in [3.8, 4) is 11.5 Å². The minimum atomic E-state index is 0.716. The largest absolute Gasteiger partial charge is 0.494 e. The van der Waals surface area contributed by atoms with Gasteiger partial charge in [0.15, 0.2) is 0 Å². The number of rotatable bonds is 14. The van der Waals surface area contributed by atoms with Crippen molar-refractivity contribution in [1.82, 2.24) is 9.80 Å². The van der Waals surface area contributed by atoms with E-state index in [1.165, 1.54) is 0 Å². The monoisotopic (exact) mass is 426 g/mol. The average Bonchev–Trinajstić information content (AvgIpc) is 3.16. The van der Waals surface area contributed by atoms with Crippen LogP contribution in [-0.2, 0) is 0 Å². The van der Waals surface area contributed by atoms with Gasteiger partial charge in [-0.2, -0.15) is 0 Å². The van der Waals surface area contributed by atoms with E-state index in [4.69, 9.17) is 13.9 Å². The van der Waals surface area contributed by atoms with Crippen molar-refractivity contribution < 1.29 is 13.9 Å². The molecule has 170 valence electrons. The second kappa shape index (κ2) is 12.0. The van der Waals surface area contributed by atoms with Crippen LogP contribution in [0.1, 0.15) is 40.5 Å². The van der Waals surface area contributed by atoms with Crippen LogP contribution >= 0.6 is 0 Å². The molecule has 0 aliphatic carbocycles. The molecule has 0 amide bonds. The lowest BCUT2D eigenvalue weighted by molar-refractivity contribution is 0.249. The van der Waals surface area contributed by atoms with Crippen LogP contribution in [0.25, 0.3) is 21.9 Å². The molecule has 0 N–H and O–H groups in total. The lowest BCUT2D eigenvalue weighted by atomic mass is 10.1. The third kappa shape index (κ3) is 6.37. The highest BCUT2D eigenvalue weighted by molar-refractivity contribution is 6.05. The Balaban J connectivity index is 1.59. The predicted molar refractivity (Wildman–Crippen MR) is 130 cm³/mol. The van der Waals surface area contributed by atoms with Gasteiger partial charge in [-0.25, -0.2) is 0 Å². The first-order valence-electron chi connectivity index (χ1n) is 11.8. The third-order valence-corrected chi connectivity index (χ3v) is 5.98. The molecule has 0 fully saturated rings. The summed E-state index contributed by atoms with van der Waals surface area (Å²) in [5.41, 5.74) is 1.74. The molecule has 1 heterocycles. The highest BCUT2D eigenvalue weighted by Crippen LogP contribution is 2.33. The molecule has 0 bridgehead atoms. The minimum Gasteiger partial charge on any atom is -0.494 e. The van der Waals surface area contributed by atoms with E-state index < -0.39 is 0 Å². The van der Waals surface area contributed by atoms with Crippen molar-refractivity contribution >= 4 is 21.9 Å². The summed E-state index contributed by atoms with van der Waals surface area (Å²) in [5.74, 6) is 1.76. The van der Waals surface area contributed by atoms with Gasteiger partial charge in [0.2, 0.25) is 0 Å². The summed E-state index contributed by atoms with van der Waals surface area (Å²) in [5, 5.41) is 2.18. The molecule has 2 aromatic carbocycles. The second-order valence-corrected chi connectivity index (χ2v) is 7.88. The van der Waals surface area contributed by atoms with Gasteiger partial charge in [0.05, 0.1) is 13.2 Å². The van der Waals surface area contributed by atoms with E-state index >= 15 is 0 Å². The van der Waals surface area contributed by atoms with E-state index in [0.29, 0.717) is 6.61 Å². The lowest BCUT2D eigenvalue weighted by Gasteiger charge is -2.17. The lowest BCUT2D eigenvalue weighted by Crippen LogP contribution is -2.25. The Morgan fingerprint density at radius 3 is 1.77 bits per heavy atom. The molecule has 0 aliphatic rings. The third-order valence-electron chi connectivity index (χ3n) is 5.98. The summed E-state index contributed by atoms with van der Waals surface area (Å²) in [6.07, 6.45) is 2.05. The van der Waals surface area contributed by atoms with Crippen LogP contribution in [0.4, 0.5) is 0 Å². The van der Waals surface area contributed by atoms with Gasteiger partial charge in [0.1, 0.15) is 22.7 Å². The van der Waals surface area contributed by atoms with Gasteiger partial charge in [-0.05, 0) is 69.4 Å². The molecule has 3 aromatic rings. The maximum absolute atomic E-state index is 6.06. The smallest absolute Gasteiger partial charge is 0.139 e. The van der Waals surface area contributed by atoms with Crippen LogP contribution in [0, 0.1) is 0 Å². The van der Waals surface area contributed by atoms with Crippen molar-refractivity contribution in [2.24, 2.45) is 0 Å². The van der Waals surface area contributed by atoms with E-state index in [0.717, 1.165) is 92.2 Å². The van der Waals surface area contributed by atoms with Gasteiger partial charge >= 0.3 is 0 Å². The van der Waals surface area contributed by atoms with Gasteiger partial charge in [0, 0.05) is 29.9 Å². The average molecular weight is 427 g/mol. The van der Waals surface area contributed by atoms with E-state index in [-0.39, 0.29) is 0 Å². The fourth-order valence-electron chi connectivity index (χ4n) is 3.95. The molecule has 5 nitrogen and oxygen atoms in total. The molecule has 0 spiro atoms. The van der Waals surface area contributed by atoms with Crippen molar-refractivity contribution in [3.05, 3.63) is 36.4 Å². The molecule has 1 aromatic heterocycles. The number of furan rings is 1. The maximum Gasteiger partial charge on any atom is 0.139 e. The van der Waals surface area contributed by atoms with Gasteiger partial charge in [0.25, 0.3) is 0 Å². The molecule has 0 aliphatic heterocycles. The summed E-state index contributed by atoms with van der Waals surface area (Å²) < 4.78 is 18.0. The van der Waals surface area contributed by atoms with E-state index in [2.05, 4.69) is 49.6 Å². The van der Waals surface area contributed by atoms with Gasteiger partial charge in [-0.15, -0.1) is 0 Å². The minimum absolute atomic E-state index is 0.716. The Morgan fingerprint density at radius 2 is 1.19 bits per heavy atom. The molecular formula is C26H38N2O3. The SMILES string of the molecule is CCN(CC)CCCOc1ccc2c(c1)oc1ccc(OCCCN(CC)CC)cc12. The summed E-state index contributed by atoms with van der Waals surface area (Å²) >= 11 is 0. The van der Waals surface area contributed by atoms with E-state index in [1.54, 1.807) is 0 Å². The molecule has 31 heavy (non-hydrogen) atoms. The number of ether oxygens (including phenoxy) is 2. The number of hydrogen-bond donors (Lipinski definition) is 0. The highest BCUT2D eigenvalue weighted by atomic mass is 16.5. The van der Waals surface area contributed by atoms with Crippen LogP contribution in [0.2, 0.25) is 0 Å². The van der Waals surface area contributed by atoms with Crippen molar-refractivity contribution in [2.75, 3.05) is 52.5 Å². The van der Waals surface area contributed by atoms with Crippen LogP contribution < -0.4 is 9.47 Å². The molecule has 3 rings (SSSR count). The Labute approximate surface area is 186 Å². The van der Waals surface area contributed by atoms with Gasteiger partial charge < -0.3 is 23.7 Å². The standard InChI is InChI=1S/C26H38N2O3/c1-5-27(6-2)15-9-17-29-21-12-14-25-24(19-21)23-13-11-22(20-26(23)31-25)30-18-10-16-28(7-3)8-4/h11-14,19-20H,5-10,15-18H2,1-4H3. The van der Waals surface area contributed by atoms with E-state index in [1.807, 2.05) is 24.3 Å². The predicted octanol–water partition coefficient (Wildman–Crippen LogP) is 5.81. The van der Waals surface area contributed by atoms with Gasteiger partial charge in [-0.1, -0.05) is 27.7 Å². The van der Waals surface area contributed by atoms with Crippen molar-refractivity contribution in [3.63, 3.8) is 0 Å². The van der Waals surface area contributed by atoms with Crippen LogP contribution in [0.15, 0.2) is 40.8 Å². The van der Waals surface area contributed by atoms with Crippen LogP contribution in [-0.4, -0.2) is 62.3 Å². The number of hydrogen-bond acceptors (Lipinski definition) is 5. The van der Waals surface area contributed by atoms with Crippen molar-refractivity contribution in [1.29, 1.82) is 0 Å². The Kier molecular flexibility index (Phi) is 9.04. The Bertz CT molecular complexity index is 929. The molecule has 0 saturated carbocycles. The van der Waals surface area contributed by atoms with Crippen molar-refractivity contribution in [2.45, 2.75) is 40.5 Å². The second-order valence-electron chi connectivity index (χ2n) is 7.88. The number of benzene rings is 2. The molecular weight excluding hydrogens is 388 g/mol. The Morgan fingerprint density at radius 1 is 0.645 bits per heavy atom. The van der Waals surface area contributed by atoms with Crippen LogP contribution in [0.3, 0.4) is 0 Å². The number of nitrogens with zero attached hydrogens (tertiary/aromatic N) is 2. The zero-order chi connectivity index (χ0) is 22.1. The highest BCUT2D eigenvalue weighted by Gasteiger charge is 2.10. The maximum atomic E-state index is 6.06. The molecule has 0 saturated heterocycles. The molecule has 5 heteroatoms. The first-order chi connectivity index (χ1) is 15.2. The molecule has 0 unspecified atom stereocenters. The summed E-state index contributed by atoms with van der Waals surface area (Å²) in [6.45, 7) is 16.7. The Hall–Kier alpha value is -2.24. The topological polar surface area (TPSA) is 38.1 Å². The first-order valence-corrected chi connectivity index (χ1v) is 11.8. The fraction of sp³-hybridized carbons (Fsp3) is 0.538. The van der Waals surface area contributed by atoms with E-state index in [9.17, 15) is 0 Å². The zero-order valence-corrected chi connectivity index (χ0v) is 19.7. The van der Waals surface area contributed by atoms with Gasteiger partial charge in [-0.3, -0.25) is 0 Å².